The lowest BCUT2D eigenvalue weighted by Crippen LogP contribution is -2.39. The summed E-state index contributed by atoms with van der Waals surface area (Å²) in [5, 5.41) is 0.821. The molecule has 0 atom stereocenters. The largest absolute Gasteiger partial charge is 0.482 e. The molecule has 7 heteroatoms. The summed E-state index contributed by atoms with van der Waals surface area (Å²) in [5.41, 5.74) is 0. The van der Waals surface area contributed by atoms with Crippen molar-refractivity contribution in [2.75, 3.05) is 26.3 Å². The van der Waals surface area contributed by atoms with E-state index in [1.54, 1.807) is 26.0 Å². The number of rotatable bonds is 7. The zero-order valence-corrected chi connectivity index (χ0v) is 13.4. The number of ether oxygens (including phenoxy) is 2. The number of carbonyl (C=O) groups is 2. The number of likely N-dealkylation sites (N-methyl/N-ethyl adjacent to an activating group) is 1. The Morgan fingerprint density at radius 3 is 2.57 bits per heavy atom. The fourth-order valence-electron chi connectivity index (χ4n) is 1.56. The van der Waals surface area contributed by atoms with Gasteiger partial charge >= 0.3 is 5.97 Å². The van der Waals surface area contributed by atoms with Crippen LogP contribution in [-0.4, -0.2) is 43.1 Å². The number of nitrogens with zero attached hydrogens (tertiary/aromatic N) is 1. The lowest BCUT2D eigenvalue weighted by molar-refractivity contribution is -0.149. The van der Waals surface area contributed by atoms with Gasteiger partial charge in [0.1, 0.15) is 12.3 Å². The maximum Gasteiger partial charge on any atom is 0.325 e. The number of hydrogen-bond donors (Lipinski definition) is 0. The van der Waals surface area contributed by atoms with Gasteiger partial charge in [0.25, 0.3) is 5.91 Å². The van der Waals surface area contributed by atoms with Crippen molar-refractivity contribution in [1.29, 1.82) is 0 Å². The first-order chi connectivity index (χ1) is 9.97. The molecule has 1 aromatic carbocycles. The van der Waals surface area contributed by atoms with E-state index in [-0.39, 0.29) is 25.7 Å². The first kappa shape index (κ1) is 17.6. The minimum absolute atomic E-state index is 0.101. The standard InChI is InChI=1S/C14H17Cl2NO4/c1-3-17(8-14(19)20-4-2)13(18)9-21-12-7-10(15)5-6-11(12)16/h5-7H,3-4,8-9H2,1-2H3. The average Bonchev–Trinajstić information content (AvgIpc) is 2.45. The Balaban J connectivity index is 2.58. The highest BCUT2D eigenvalue weighted by atomic mass is 35.5. The fourth-order valence-corrected chi connectivity index (χ4v) is 1.89. The Kier molecular flexibility index (Phi) is 7.32. The van der Waals surface area contributed by atoms with Crippen LogP contribution in [0.3, 0.4) is 0 Å². The van der Waals surface area contributed by atoms with Gasteiger partial charge in [-0.2, -0.15) is 0 Å². The van der Waals surface area contributed by atoms with E-state index in [9.17, 15) is 9.59 Å². The number of hydrogen-bond acceptors (Lipinski definition) is 4. The van der Waals surface area contributed by atoms with E-state index in [4.69, 9.17) is 32.7 Å². The number of halogens is 2. The van der Waals surface area contributed by atoms with Gasteiger partial charge in [0.2, 0.25) is 0 Å². The summed E-state index contributed by atoms with van der Waals surface area (Å²) in [4.78, 5) is 24.7. The summed E-state index contributed by atoms with van der Waals surface area (Å²) in [7, 11) is 0. The lowest BCUT2D eigenvalue weighted by Gasteiger charge is -2.20. The Morgan fingerprint density at radius 2 is 1.95 bits per heavy atom. The first-order valence-electron chi connectivity index (χ1n) is 6.49. The van der Waals surface area contributed by atoms with Crippen LogP contribution in [0, 0.1) is 0 Å². The first-order valence-corrected chi connectivity index (χ1v) is 7.24. The molecule has 0 aromatic heterocycles. The van der Waals surface area contributed by atoms with E-state index in [0.717, 1.165) is 0 Å². The summed E-state index contributed by atoms with van der Waals surface area (Å²) in [6.07, 6.45) is 0. The predicted octanol–water partition coefficient (Wildman–Crippen LogP) is 2.78. The van der Waals surface area contributed by atoms with E-state index in [1.807, 2.05) is 0 Å². The van der Waals surface area contributed by atoms with Gasteiger partial charge in [0.15, 0.2) is 6.61 Å². The molecule has 0 radical (unpaired) electrons. The van der Waals surface area contributed by atoms with Crippen molar-refractivity contribution in [3.63, 3.8) is 0 Å². The van der Waals surface area contributed by atoms with E-state index in [0.29, 0.717) is 22.3 Å². The second kappa shape index (κ2) is 8.74. The number of esters is 1. The SMILES string of the molecule is CCOC(=O)CN(CC)C(=O)COc1cc(Cl)ccc1Cl. The Bertz CT molecular complexity index is 508. The van der Waals surface area contributed by atoms with Crippen molar-refractivity contribution in [2.45, 2.75) is 13.8 Å². The maximum absolute atomic E-state index is 12.0. The third-order valence-electron chi connectivity index (χ3n) is 2.60. The topological polar surface area (TPSA) is 55.8 Å². The molecule has 1 rings (SSSR count). The van der Waals surface area contributed by atoms with Crippen molar-refractivity contribution in [3.8, 4) is 5.75 Å². The van der Waals surface area contributed by atoms with Gasteiger partial charge in [0.05, 0.1) is 11.6 Å². The van der Waals surface area contributed by atoms with Crippen LogP contribution in [0.25, 0.3) is 0 Å². The minimum Gasteiger partial charge on any atom is -0.482 e. The second-order valence-electron chi connectivity index (χ2n) is 4.08. The van der Waals surface area contributed by atoms with Crippen LogP contribution >= 0.6 is 23.2 Å². The van der Waals surface area contributed by atoms with Crippen molar-refractivity contribution >= 4 is 35.1 Å². The molecule has 0 N–H and O–H groups in total. The maximum atomic E-state index is 12.0. The van der Waals surface area contributed by atoms with Crippen LogP contribution in [0.4, 0.5) is 0 Å². The summed E-state index contributed by atoms with van der Waals surface area (Å²) in [5.74, 6) is -0.459. The van der Waals surface area contributed by atoms with Gasteiger partial charge in [0, 0.05) is 17.6 Å². The van der Waals surface area contributed by atoms with Crippen molar-refractivity contribution in [3.05, 3.63) is 28.2 Å². The molecule has 0 saturated heterocycles. The second-order valence-corrected chi connectivity index (χ2v) is 4.92. The predicted molar refractivity (Wildman–Crippen MR) is 80.8 cm³/mol. The molecule has 0 unspecified atom stereocenters. The highest BCUT2D eigenvalue weighted by Gasteiger charge is 2.17. The van der Waals surface area contributed by atoms with Gasteiger partial charge in [-0.3, -0.25) is 9.59 Å². The molecular formula is C14H17Cl2NO4. The van der Waals surface area contributed by atoms with Crippen LogP contribution < -0.4 is 4.74 Å². The summed E-state index contributed by atoms with van der Waals surface area (Å²) < 4.78 is 10.2. The van der Waals surface area contributed by atoms with Crippen molar-refractivity contribution in [2.24, 2.45) is 0 Å². The van der Waals surface area contributed by atoms with Gasteiger partial charge in [-0.05, 0) is 26.0 Å². The van der Waals surface area contributed by atoms with E-state index in [2.05, 4.69) is 0 Å². The van der Waals surface area contributed by atoms with Crippen LogP contribution in [0.2, 0.25) is 10.0 Å². The molecule has 116 valence electrons. The van der Waals surface area contributed by atoms with Crippen LogP contribution in [0.5, 0.6) is 5.75 Å². The monoisotopic (exact) mass is 333 g/mol. The zero-order chi connectivity index (χ0) is 15.8. The Labute approximate surface area is 133 Å². The van der Waals surface area contributed by atoms with Crippen LogP contribution in [0.15, 0.2) is 18.2 Å². The molecule has 1 aromatic rings. The molecule has 0 aliphatic heterocycles. The Hall–Kier alpha value is -1.46. The number of benzene rings is 1. The number of carbonyl (C=O) groups excluding carboxylic acids is 2. The third kappa shape index (κ3) is 5.81. The summed E-state index contributed by atoms with van der Waals surface area (Å²) in [6, 6.07) is 4.73. The normalized spacial score (nSPS) is 10.1. The molecule has 0 bridgehead atoms. The van der Waals surface area contributed by atoms with Gasteiger partial charge in [-0.1, -0.05) is 23.2 Å². The fraction of sp³-hybridized carbons (Fsp3) is 0.429. The highest BCUT2D eigenvalue weighted by molar-refractivity contribution is 6.34. The molecular weight excluding hydrogens is 317 g/mol. The molecule has 0 fully saturated rings. The van der Waals surface area contributed by atoms with Gasteiger partial charge in [-0.15, -0.1) is 0 Å². The average molecular weight is 334 g/mol. The quantitative estimate of drug-likeness (QED) is 0.720. The lowest BCUT2D eigenvalue weighted by atomic mass is 10.3. The van der Waals surface area contributed by atoms with Crippen LogP contribution in [-0.2, 0) is 14.3 Å². The molecule has 0 aliphatic rings. The highest BCUT2D eigenvalue weighted by Crippen LogP contribution is 2.27. The van der Waals surface area contributed by atoms with E-state index >= 15 is 0 Å². The smallest absolute Gasteiger partial charge is 0.325 e. The third-order valence-corrected chi connectivity index (χ3v) is 3.15. The molecule has 1 amide bonds. The molecule has 0 saturated carbocycles. The zero-order valence-electron chi connectivity index (χ0n) is 11.9. The van der Waals surface area contributed by atoms with Crippen molar-refractivity contribution in [1.82, 2.24) is 4.90 Å². The molecule has 21 heavy (non-hydrogen) atoms. The molecule has 0 spiro atoms. The van der Waals surface area contributed by atoms with E-state index in [1.165, 1.54) is 11.0 Å². The molecule has 5 nitrogen and oxygen atoms in total. The summed E-state index contributed by atoms with van der Waals surface area (Å²) in [6.45, 7) is 3.80. The van der Waals surface area contributed by atoms with Crippen LogP contribution in [0.1, 0.15) is 13.8 Å². The summed E-state index contributed by atoms with van der Waals surface area (Å²) >= 11 is 11.8. The number of amides is 1. The van der Waals surface area contributed by atoms with Crippen molar-refractivity contribution < 1.29 is 19.1 Å². The minimum atomic E-state index is -0.450. The van der Waals surface area contributed by atoms with Gasteiger partial charge < -0.3 is 14.4 Å². The van der Waals surface area contributed by atoms with E-state index < -0.39 is 5.97 Å². The molecule has 0 aliphatic carbocycles. The molecule has 0 heterocycles. The Morgan fingerprint density at radius 1 is 1.24 bits per heavy atom. The van der Waals surface area contributed by atoms with Gasteiger partial charge in [-0.25, -0.2) is 0 Å².